The van der Waals surface area contributed by atoms with Gasteiger partial charge >= 0.3 is 0 Å². The van der Waals surface area contributed by atoms with Crippen LogP contribution in [0.15, 0.2) is 42.6 Å². The Hall–Kier alpha value is -1.67. The van der Waals surface area contributed by atoms with Crippen LogP contribution in [-0.4, -0.2) is 4.98 Å². The molecule has 1 aromatic heterocycles. The topological polar surface area (TPSA) is 24.9 Å². The fraction of sp³-hybridized carbons (Fsp3) is 0.312. The lowest BCUT2D eigenvalue weighted by Crippen LogP contribution is -2.13. The zero-order valence-corrected chi connectivity index (χ0v) is 11.1. The highest BCUT2D eigenvalue weighted by Crippen LogP contribution is 2.05. The molecule has 0 aliphatic carbocycles. The van der Waals surface area contributed by atoms with E-state index in [4.69, 9.17) is 0 Å². The molecule has 1 heterocycles. The number of pyridine rings is 1. The van der Waals surface area contributed by atoms with E-state index in [-0.39, 0.29) is 0 Å². The smallest absolute Gasteiger partial charge is 0.0541 e. The van der Waals surface area contributed by atoms with Gasteiger partial charge in [0, 0.05) is 19.3 Å². The Morgan fingerprint density at radius 3 is 2.28 bits per heavy atom. The molecule has 18 heavy (non-hydrogen) atoms. The highest BCUT2D eigenvalue weighted by atomic mass is 14.9. The molecule has 0 radical (unpaired) electrons. The van der Waals surface area contributed by atoms with Crippen molar-refractivity contribution in [2.24, 2.45) is 0 Å². The average Bonchev–Trinajstić information content (AvgIpc) is 2.42. The van der Waals surface area contributed by atoms with Crippen molar-refractivity contribution in [1.82, 2.24) is 10.3 Å². The Balaban J connectivity index is 1.82. The van der Waals surface area contributed by atoms with Crippen LogP contribution in [0.1, 0.15) is 29.3 Å². The van der Waals surface area contributed by atoms with Crippen molar-refractivity contribution in [3.63, 3.8) is 0 Å². The van der Waals surface area contributed by atoms with Crippen molar-refractivity contribution < 1.29 is 0 Å². The average molecular weight is 240 g/mol. The fourth-order valence-electron chi connectivity index (χ4n) is 1.83. The van der Waals surface area contributed by atoms with Gasteiger partial charge < -0.3 is 5.32 Å². The number of hydrogen-bond acceptors (Lipinski definition) is 2. The molecule has 2 aromatic rings. The molecule has 2 rings (SSSR count). The first-order valence-electron chi connectivity index (χ1n) is 6.48. The van der Waals surface area contributed by atoms with Crippen molar-refractivity contribution in [1.29, 1.82) is 0 Å². The summed E-state index contributed by atoms with van der Waals surface area (Å²) >= 11 is 0. The molecule has 2 nitrogen and oxygen atoms in total. The van der Waals surface area contributed by atoms with Gasteiger partial charge in [-0.15, -0.1) is 0 Å². The molecule has 0 saturated heterocycles. The molecule has 0 aliphatic heterocycles. The van der Waals surface area contributed by atoms with E-state index < -0.39 is 0 Å². The van der Waals surface area contributed by atoms with E-state index in [9.17, 15) is 0 Å². The van der Waals surface area contributed by atoms with E-state index in [2.05, 4.69) is 60.5 Å². The molecule has 0 atom stereocenters. The van der Waals surface area contributed by atoms with Crippen LogP contribution < -0.4 is 5.32 Å². The second-order valence-corrected chi connectivity index (χ2v) is 4.60. The Kier molecular flexibility index (Phi) is 4.48. The molecular weight excluding hydrogens is 220 g/mol. The van der Waals surface area contributed by atoms with Crippen LogP contribution in [0.3, 0.4) is 0 Å². The van der Waals surface area contributed by atoms with Crippen LogP contribution >= 0.6 is 0 Å². The van der Waals surface area contributed by atoms with E-state index in [1.54, 1.807) is 0 Å². The first-order valence-corrected chi connectivity index (χ1v) is 6.48. The van der Waals surface area contributed by atoms with Crippen LogP contribution in [0.5, 0.6) is 0 Å². The summed E-state index contributed by atoms with van der Waals surface area (Å²) in [4.78, 5) is 4.37. The molecular formula is C16H20N2. The van der Waals surface area contributed by atoms with Gasteiger partial charge in [0.15, 0.2) is 0 Å². The van der Waals surface area contributed by atoms with E-state index in [1.165, 1.54) is 16.7 Å². The summed E-state index contributed by atoms with van der Waals surface area (Å²) in [7, 11) is 0. The Labute approximate surface area is 109 Å². The summed E-state index contributed by atoms with van der Waals surface area (Å²) in [6, 6.07) is 12.9. The quantitative estimate of drug-likeness (QED) is 0.868. The third-order valence-corrected chi connectivity index (χ3v) is 3.04. The molecule has 1 N–H and O–H groups in total. The number of rotatable bonds is 5. The van der Waals surface area contributed by atoms with Gasteiger partial charge in [-0.25, -0.2) is 0 Å². The van der Waals surface area contributed by atoms with Gasteiger partial charge in [0.25, 0.3) is 0 Å². The summed E-state index contributed by atoms with van der Waals surface area (Å²) in [5.41, 5.74) is 5.00. The molecule has 2 heteroatoms. The highest BCUT2D eigenvalue weighted by Gasteiger charge is 1.96. The number of aryl methyl sites for hydroxylation is 2. The SMILES string of the molecule is CCc1ccc(CNCc2ccc(C)cn2)cc1. The minimum absolute atomic E-state index is 0.815. The van der Waals surface area contributed by atoms with Gasteiger partial charge in [-0.3, -0.25) is 4.98 Å². The number of nitrogens with zero attached hydrogens (tertiary/aromatic N) is 1. The van der Waals surface area contributed by atoms with Crippen LogP contribution in [-0.2, 0) is 19.5 Å². The third kappa shape index (κ3) is 3.67. The second kappa shape index (κ2) is 6.31. The summed E-state index contributed by atoms with van der Waals surface area (Å²) in [6.07, 6.45) is 3.01. The zero-order chi connectivity index (χ0) is 12.8. The first-order chi connectivity index (χ1) is 8.78. The largest absolute Gasteiger partial charge is 0.307 e. The van der Waals surface area contributed by atoms with Crippen LogP contribution in [0, 0.1) is 6.92 Å². The van der Waals surface area contributed by atoms with E-state index in [0.29, 0.717) is 0 Å². The van der Waals surface area contributed by atoms with Crippen molar-refractivity contribution >= 4 is 0 Å². The second-order valence-electron chi connectivity index (χ2n) is 4.60. The van der Waals surface area contributed by atoms with Crippen molar-refractivity contribution in [2.45, 2.75) is 33.4 Å². The van der Waals surface area contributed by atoms with E-state index in [0.717, 1.165) is 25.2 Å². The summed E-state index contributed by atoms with van der Waals surface area (Å²) < 4.78 is 0. The minimum atomic E-state index is 0.815. The molecule has 0 saturated carbocycles. The Bertz CT molecular complexity index is 471. The lowest BCUT2D eigenvalue weighted by atomic mass is 10.1. The number of hydrogen-bond donors (Lipinski definition) is 1. The molecule has 0 fully saturated rings. The predicted octanol–water partition coefficient (Wildman–Crippen LogP) is 3.24. The Morgan fingerprint density at radius 1 is 0.944 bits per heavy atom. The highest BCUT2D eigenvalue weighted by molar-refractivity contribution is 5.22. The van der Waals surface area contributed by atoms with E-state index >= 15 is 0 Å². The normalized spacial score (nSPS) is 10.6. The first kappa shape index (κ1) is 12.8. The maximum atomic E-state index is 4.37. The van der Waals surface area contributed by atoms with Gasteiger partial charge in [0.05, 0.1) is 5.69 Å². The number of aromatic nitrogens is 1. The van der Waals surface area contributed by atoms with Crippen molar-refractivity contribution in [2.75, 3.05) is 0 Å². The molecule has 0 unspecified atom stereocenters. The molecule has 94 valence electrons. The van der Waals surface area contributed by atoms with Gasteiger partial charge in [0.2, 0.25) is 0 Å². The third-order valence-electron chi connectivity index (χ3n) is 3.04. The van der Waals surface area contributed by atoms with Crippen LogP contribution in [0.25, 0.3) is 0 Å². The molecule has 0 bridgehead atoms. The molecule has 0 spiro atoms. The number of benzene rings is 1. The van der Waals surface area contributed by atoms with Gasteiger partial charge in [-0.2, -0.15) is 0 Å². The predicted molar refractivity (Wildman–Crippen MR) is 75.3 cm³/mol. The maximum absolute atomic E-state index is 4.37. The maximum Gasteiger partial charge on any atom is 0.0541 e. The standard InChI is InChI=1S/C16H20N2/c1-3-14-5-7-15(8-6-14)11-17-12-16-9-4-13(2)10-18-16/h4-10,17H,3,11-12H2,1-2H3. The van der Waals surface area contributed by atoms with Gasteiger partial charge in [-0.1, -0.05) is 37.3 Å². The van der Waals surface area contributed by atoms with Gasteiger partial charge in [-0.05, 0) is 36.1 Å². The van der Waals surface area contributed by atoms with E-state index in [1.807, 2.05) is 6.20 Å². The number of nitrogens with one attached hydrogen (secondary N) is 1. The molecule has 0 aliphatic rings. The van der Waals surface area contributed by atoms with Crippen LogP contribution in [0.4, 0.5) is 0 Å². The lowest BCUT2D eigenvalue weighted by Gasteiger charge is -2.05. The van der Waals surface area contributed by atoms with Gasteiger partial charge in [0.1, 0.15) is 0 Å². The van der Waals surface area contributed by atoms with Crippen molar-refractivity contribution in [3.05, 3.63) is 65.0 Å². The van der Waals surface area contributed by atoms with Crippen LogP contribution in [0.2, 0.25) is 0 Å². The monoisotopic (exact) mass is 240 g/mol. The fourth-order valence-corrected chi connectivity index (χ4v) is 1.83. The molecule has 0 amide bonds. The minimum Gasteiger partial charge on any atom is -0.307 e. The van der Waals surface area contributed by atoms with Crippen molar-refractivity contribution in [3.8, 4) is 0 Å². The summed E-state index contributed by atoms with van der Waals surface area (Å²) in [5, 5.41) is 3.41. The zero-order valence-electron chi connectivity index (χ0n) is 11.1. The summed E-state index contributed by atoms with van der Waals surface area (Å²) in [6.45, 7) is 5.94. The summed E-state index contributed by atoms with van der Waals surface area (Å²) in [5.74, 6) is 0. The Morgan fingerprint density at radius 2 is 1.67 bits per heavy atom. The lowest BCUT2D eigenvalue weighted by molar-refractivity contribution is 0.679. The molecule has 1 aromatic carbocycles.